The standard InChI is InChI=1S/C21H19N3O2S/c1-24(18-9-8-15(13-22)16-5-2-3-6-17(16)18)19-14-23-11-10-20(19)27-12-4-7-21(25)26/h2-3,5-6,8-11,14H,4,7,12H2,1H3,(H,25,26)/p-1. The number of pyridine rings is 1. The zero-order chi connectivity index (χ0) is 19.2. The molecule has 0 aliphatic heterocycles. The van der Waals surface area contributed by atoms with Crippen LogP contribution < -0.4 is 10.0 Å². The lowest BCUT2D eigenvalue weighted by molar-refractivity contribution is -0.305. The minimum Gasteiger partial charge on any atom is -0.550 e. The van der Waals surface area contributed by atoms with Crippen LogP contribution in [0.2, 0.25) is 0 Å². The first kappa shape index (κ1) is 18.7. The third-order valence-electron chi connectivity index (χ3n) is 4.29. The van der Waals surface area contributed by atoms with E-state index in [0.717, 1.165) is 27.0 Å². The lowest BCUT2D eigenvalue weighted by atomic mass is 10.0. The van der Waals surface area contributed by atoms with E-state index < -0.39 is 5.97 Å². The highest BCUT2D eigenvalue weighted by molar-refractivity contribution is 7.99. The van der Waals surface area contributed by atoms with Gasteiger partial charge in [0.2, 0.25) is 0 Å². The minimum atomic E-state index is -1.02. The van der Waals surface area contributed by atoms with E-state index in [1.54, 1.807) is 24.2 Å². The average molecular weight is 376 g/mol. The maximum Gasteiger partial charge on any atom is 0.0998 e. The summed E-state index contributed by atoms with van der Waals surface area (Å²) in [6.45, 7) is 0. The van der Waals surface area contributed by atoms with Crippen molar-refractivity contribution in [2.75, 3.05) is 17.7 Å². The molecule has 0 spiro atoms. The third kappa shape index (κ3) is 4.21. The number of aliphatic carboxylic acids is 1. The molecule has 0 saturated carbocycles. The van der Waals surface area contributed by atoms with Crippen LogP contribution in [0.25, 0.3) is 10.8 Å². The van der Waals surface area contributed by atoms with E-state index in [-0.39, 0.29) is 6.42 Å². The van der Waals surface area contributed by atoms with Crippen molar-refractivity contribution in [1.29, 1.82) is 5.26 Å². The summed E-state index contributed by atoms with van der Waals surface area (Å²) >= 11 is 1.60. The summed E-state index contributed by atoms with van der Waals surface area (Å²) in [7, 11) is 1.97. The Bertz CT molecular complexity index is 1010. The Labute approximate surface area is 162 Å². The van der Waals surface area contributed by atoms with Gasteiger partial charge in [0.05, 0.1) is 23.5 Å². The van der Waals surface area contributed by atoms with Crippen molar-refractivity contribution in [3.05, 3.63) is 60.4 Å². The second kappa shape index (κ2) is 8.56. The molecule has 0 aliphatic rings. The maximum absolute atomic E-state index is 10.6. The highest BCUT2D eigenvalue weighted by atomic mass is 32.2. The van der Waals surface area contributed by atoms with E-state index in [0.29, 0.717) is 17.7 Å². The molecule has 136 valence electrons. The van der Waals surface area contributed by atoms with Crippen LogP contribution in [-0.2, 0) is 4.79 Å². The zero-order valence-electron chi connectivity index (χ0n) is 14.9. The van der Waals surface area contributed by atoms with Crippen LogP contribution >= 0.6 is 11.8 Å². The van der Waals surface area contributed by atoms with E-state index in [4.69, 9.17) is 0 Å². The molecule has 6 heteroatoms. The van der Waals surface area contributed by atoms with Crippen molar-refractivity contribution >= 4 is 39.9 Å². The van der Waals surface area contributed by atoms with Crippen LogP contribution in [0.15, 0.2) is 59.8 Å². The predicted octanol–water partition coefficient (Wildman–Crippen LogP) is 3.50. The third-order valence-corrected chi connectivity index (χ3v) is 5.44. The van der Waals surface area contributed by atoms with E-state index in [1.807, 2.05) is 49.5 Å². The first-order chi connectivity index (χ1) is 13.1. The fraction of sp³-hybridized carbons (Fsp3) is 0.190. The number of carboxylic acid groups (broad SMARTS) is 1. The van der Waals surface area contributed by atoms with Crippen molar-refractivity contribution in [2.24, 2.45) is 0 Å². The zero-order valence-corrected chi connectivity index (χ0v) is 15.7. The normalized spacial score (nSPS) is 10.5. The highest BCUT2D eigenvalue weighted by Crippen LogP contribution is 2.37. The molecule has 1 heterocycles. The number of rotatable bonds is 7. The Morgan fingerprint density at radius 1 is 1.19 bits per heavy atom. The van der Waals surface area contributed by atoms with Gasteiger partial charge in [0.15, 0.2) is 0 Å². The van der Waals surface area contributed by atoms with Gasteiger partial charge in [0.1, 0.15) is 0 Å². The van der Waals surface area contributed by atoms with Gasteiger partial charge >= 0.3 is 0 Å². The van der Waals surface area contributed by atoms with Crippen molar-refractivity contribution < 1.29 is 9.90 Å². The number of thioether (sulfide) groups is 1. The smallest absolute Gasteiger partial charge is 0.0998 e. The largest absolute Gasteiger partial charge is 0.550 e. The van der Waals surface area contributed by atoms with Crippen molar-refractivity contribution in [1.82, 2.24) is 4.98 Å². The molecule has 0 bridgehead atoms. The molecule has 0 N–H and O–H groups in total. The second-order valence-electron chi connectivity index (χ2n) is 6.02. The van der Waals surface area contributed by atoms with Crippen molar-refractivity contribution in [2.45, 2.75) is 17.7 Å². The first-order valence-corrected chi connectivity index (χ1v) is 9.52. The van der Waals surface area contributed by atoms with E-state index in [9.17, 15) is 15.2 Å². The minimum absolute atomic E-state index is 0.0590. The number of carboxylic acids is 1. The Balaban J connectivity index is 1.93. The van der Waals surface area contributed by atoms with Gasteiger partial charge in [-0.15, -0.1) is 11.8 Å². The van der Waals surface area contributed by atoms with Gasteiger partial charge in [-0.1, -0.05) is 24.3 Å². The molecule has 0 aliphatic carbocycles. The molecule has 3 aromatic rings. The summed E-state index contributed by atoms with van der Waals surface area (Å²) in [5, 5.41) is 21.9. The van der Waals surface area contributed by atoms with Crippen molar-refractivity contribution in [3.63, 3.8) is 0 Å². The summed E-state index contributed by atoms with van der Waals surface area (Å²) in [5.74, 6) is -0.334. The number of carbonyl (C=O) groups is 1. The molecule has 0 unspecified atom stereocenters. The highest BCUT2D eigenvalue weighted by Gasteiger charge is 2.14. The molecule has 1 aromatic heterocycles. The number of hydrogen-bond donors (Lipinski definition) is 0. The number of benzene rings is 2. The Kier molecular flexibility index (Phi) is 5.94. The number of anilines is 2. The number of hydrogen-bond acceptors (Lipinski definition) is 6. The molecule has 0 fully saturated rings. The number of aromatic nitrogens is 1. The summed E-state index contributed by atoms with van der Waals surface area (Å²) in [4.78, 5) is 17.9. The SMILES string of the molecule is CN(c1cnccc1SCCCC(=O)[O-])c1ccc(C#N)c2ccccc12. The summed E-state index contributed by atoms with van der Waals surface area (Å²) in [5.41, 5.74) is 2.56. The number of carbonyl (C=O) groups excluding carboxylic acids is 1. The van der Waals surface area contributed by atoms with Gasteiger partial charge in [-0.05, 0) is 36.8 Å². The van der Waals surface area contributed by atoms with Gasteiger partial charge in [-0.2, -0.15) is 5.26 Å². The fourth-order valence-corrected chi connectivity index (χ4v) is 3.95. The molecule has 0 atom stereocenters. The van der Waals surface area contributed by atoms with Crippen LogP contribution in [0.3, 0.4) is 0 Å². The molecular weight excluding hydrogens is 358 g/mol. The number of fused-ring (bicyclic) bond motifs is 1. The van der Waals surface area contributed by atoms with E-state index in [1.165, 1.54) is 0 Å². The van der Waals surface area contributed by atoms with Gasteiger partial charge in [0.25, 0.3) is 0 Å². The molecule has 0 amide bonds. The summed E-state index contributed by atoms with van der Waals surface area (Å²) in [6.07, 6.45) is 4.14. The van der Waals surface area contributed by atoms with Crippen LogP contribution in [0, 0.1) is 11.3 Å². The predicted molar refractivity (Wildman–Crippen MR) is 106 cm³/mol. The van der Waals surface area contributed by atoms with Crippen molar-refractivity contribution in [3.8, 4) is 6.07 Å². The maximum atomic E-state index is 10.6. The quantitative estimate of drug-likeness (QED) is 0.464. The molecule has 5 nitrogen and oxygen atoms in total. The number of nitrogens with zero attached hydrogens (tertiary/aromatic N) is 3. The molecule has 27 heavy (non-hydrogen) atoms. The first-order valence-electron chi connectivity index (χ1n) is 8.54. The molecule has 2 aromatic carbocycles. The summed E-state index contributed by atoms with van der Waals surface area (Å²) < 4.78 is 0. The molecule has 0 saturated heterocycles. The average Bonchev–Trinajstić information content (AvgIpc) is 2.70. The van der Waals surface area contributed by atoms with Crippen LogP contribution in [0.4, 0.5) is 11.4 Å². The Morgan fingerprint density at radius 3 is 2.70 bits per heavy atom. The molecule has 3 rings (SSSR count). The monoisotopic (exact) mass is 376 g/mol. The Hall–Kier alpha value is -3.04. The molecule has 0 radical (unpaired) electrons. The van der Waals surface area contributed by atoms with Crippen LogP contribution in [-0.4, -0.2) is 23.8 Å². The number of nitriles is 1. The molecular formula is C21H18N3O2S-. The van der Waals surface area contributed by atoms with E-state index >= 15 is 0 Å². The topological polar surface area (TPSA) is 80.1 Å². The summed E-state index contributed by atoms with van der Waals surface area (Å²) in [6, 6.07) is 15.8. The fourth-order valence-electron chi connectivity index (χ4n) is 2.95. The van der Waals surface area contributed by atoms with Crippen LogP contribution in [0.1, 0.15) is 18.4 Å². The lowest BCUT2D eigenvalue weighted by Gasteiger charge is -2.23. The second-order valence-corrected chi connectivity index (χ2v) is 7.15. The Morgan fingerprint density at radius 2 is 1.96 bits per heavy atom. The van der Waals surface area contributed by atoms with Gasteiger partial charge in [-0.25, -0.2) is 0 Å². The lowest BCUT2D eigenvalue weighted by Crippen LogP contribution is -2.21. The van der Waals surface area contributed by atoms with Gasteiger partial charge in [0, 0.05) is 40.6 Å². The van der Waals surface area contributed by atoms with E-state index in [2.05, 4.69) is 16.0 Å². The van der Waals surface area contributed by atoms with Gasteiger partial charge < -0.3 is 14.8 Å². The van der Waals surface area contributed by atoms with Gasteiger partial charge in [-0.3, -0.25) is 4.98 Å². The van der Waals surface area contributed by atoms with Crippen LogP contribution in [0.5, 0.6) is 0 Å².